The molecule has 180 valence electrons. The summed E-state index contributed by atoms with van der Waals surface area (Å²) in [6.45, 7) is 5.13. The Morgan fingerprint density at radius 3 is 2.71 bits per heavy atom. The molecule has 6 nitrogen and oxygen atoms in total. The second-order valence-corrected chi connectivity index (χ2v) is 10.6. The first kappa shape index (κ1) is 23.7. The van der Waals surface area contributed by atoms with E-state index in [1.807, 2.05) is 19.1 Å². The van der Waals surface area contributed by atoms with Crippen LogP contribution in [0, 0.1) is 12.7 Å². The second kappa shape index (κ2) is 9.54. The maximum absolute atomic E-state index is 13.7. The highest BCUT2D eigenvalue weighted by Gasteiger charge is 2.33. The van der Waals surface area contributed by atoms with Crippen molar-refractivity contribution in [3.63, 3.8) is 0 Å². The van der Waals surface area contributed by atoms with Crippen molar-refractivity contribution < 1.29 is 9.18 Å². The predicted octanol–water partition coefficient (Wildman–Crippen LogP) is 4.92. The molecular formula is C26H25FN4O2S2. The molecular weight excluding hydrogens is 483 g/mol. The maximum atomic E-state index is 13.7. The molecule has 9 heteroatoms. The average Bonchev–Trinajstić information content (AvgIpc) is 3.10. The van der Waals surface area contributed by atoms with Gasteiger partial charge in [-0.15, -0.1) is 0 Å². The molecule has 0 saturated carbocycles. The van der Waals surface area contributed by atoms with E-state index in [1.54, 1.807) is 28.8 Å². The number of thioether (sulfide) groups is 1. The van der Waals surface area contributed by atoms with Gasteiger partial charge in [-0.2, -0.15) is 0 Å². The maximum Gasteiger partial charge on any atom is 0.267 e. The van der Waals surface area contributed by atoms with E-state index in [0.717, 1.165) is 36.9 Å². The van der Waals surface area contributed by atoms with Gasteiger partial charge in [0.1, 0.15) is 21.6 Å². The first-order chi connectivity index (χ1) is 16.8. The largest absolute Gasteiger partial charge is 0.353 e. The Morgan fingerprint density at radius 1 is 1.20 bits per heavy atom. The second-order valence-electron chi connectivity index (χ2n) is 8.97. The Morgan fingerprint density at radius 2 is 1.97 bits per heavy atom. The average molecular weight is 509 g/mol. The first-order valence-electron chi connectivity index (χ1n) is 11.6. The number of fused-ring (bicyclic) bond motifs is 1. The number of rotatable bonds is 4. The third kappa shape index (κ3) is 4.50. The van der Waals surface area contributed by atoms with Crippen LogP contribution in [0.1, 0.15) is 42.9 Å². The molecule has 1 unspecified atom stereocenters. The zero-order valence-corrected chi connectivity index (χ0v) is 21.2. The van der Waals surface area contributed by atoms with Gasteiger partial charge in [-0.1, -0.05) is 42.2 Å². The summed E-state index contributed by atoms with van der Waals surface area (Å²) < 4.78 is 15.2. The molecule has 0 bridgehead atoms. The number of hydrogen-bond acceptors (Lipinski definition) is 6. The molecule has 2 fully saturated rings. The van der Waals surface area contributed by atoms with Crippen LogP contribution < -0.4 is 10.5 Å². The fourth-order valence-corrected chi connectivity index (χ4v) is 5.84. The summed E-state index contributed by atoms with van der Waals surface area (Å²) in [4.78, 5) is 36.0. The molecule has 3 aromatic rings. The van der Waals surface area contributed by atoms with Gasteiger partial charge in [-0.25, -0.2) is 9.37 Å². The molecule has 1 amide bonds. The number of aryl methyl sites for hydroxylation is 1. The molecule has 4 heterocycles. The zero-order chi connectivity index (χ0) is 24.7. The van der Waals surface area contributed by atoms with Gasteiger partial charge in [-0.3, -0.25) is 18.9 Å². The fraction of sp³-hybridized carbons (Fsp3) is 0.308. The topological polar surface area (TPSA) is 57.9 Å². The molecule has 2 aliphatic heterocycles. The van der Waals surface area contributed by atoms with Crippen LogP contribution in [0.25, 0.3) is 11.7 Å². The van der Waals surface area contributed by atoms with Crippen molar-refractivity contribution in [1.29, 1.82) is 0 Å². The Balaban J connectivity index is 1.59. The molecule has 2 saturated heterocycles. The van der Waals surface area contributed by atoms with Gasteiger partial charge in [0.05, 0.1) is 17.0 Å². The lowest BCUT2D eigenvalue weighted by molar-refractivity contribution is -0.122. The standard InChI is InChI=1S/C26H25FN4O2S2/c1-16-6-5-13-30-22(16)28-23(29-12-4-3-7-17(29)2)20(24(30)32)14-21-25(33)31(26(34)35-21)15-18-8-10-19(27)11-9-18/h5-6,8-11,13-14,17H,3-4,7,12,15H2,1-2H3. The molecule has 1 aromatic carbocycles. The van der Waals surface area contributed by atoms with Crippen LogP contribution in [0.2, 0.25) is 0 Å². The van der Waals surface area contributed by atoms with Gasteiger partial charge < -0.3 is 4.90 Å². The number of nitrogens with zero attached hydrogens (tertiary/aromatic N) is 4. The number of piperidine rings is 1. The van der Waals surface area contributed by atoms with Crippen molar-refractivity contribution in [2.24, 2.45) is 0 Å². The summed E-state index contributed by atoms with van der Waals surface area (Å²) in [6.07, 6.45) is 6.54. The van der Waals surface area contributed by atoms with Crippen LogP contribution in [0.4, 0.5) is 10.2 Å². The van der Waals surface area contributed by atoms with Crippen LogP contribution in [0.3, 0.4) is 0 Å². The molecule has 0 spiro atoms. The molecule has 2 aromatic heterocycles. The van der Waals surface area contributed by atoms with Crippen molar-refractivity contribution >= 4 is 51.7 Å². The number of amides is 1. The number of benzene rings is 1. The van der Waals surface area contributed by atoms with Gasteiger partial charge in [0.2, 0.25) is 0 Å². The Labute approximate surface area is 212 Å². The number of carbonyl (C=O) groups is 1. The number of anilines is 1. The summed E-state index contributed by atoms with van der Waals surface area (Å²) in [5.41, 5.74) is 2.48. The minimum Gasteiger partial charge on any atom is -0.353 e. The van der Waals surface area contributed by atoms with Crippen LogP contribution >= 0.6 is 24.0 Å². The SMILES string of the molecule is Cc1cccn2c(=O)c(C=C3SC(=S)N(Cc4ccc(F)cc4)C3=O)c(N3CCCCC3C)nc12. The van der Waals surface area contributed by atoms with E-state index in [9.17, 15) is 14.0 Å². The van der Waals surface area contributed by atoms with Crippen LogP contribution in [-0.2, 0) is 11.3 Å². The van der Waals surface area contributed by atoms with Gasteiger partial charge in [0, 0.05) is 18.8 Å². The van der Waals surface area contributed by atoms with E-state index in [-0.39, 0.29) is 29.9 Å². The highest BCUT2D eigenvalue weighted by atomic mass is 32.2. The monoisotopic (exact) mass is 508 g/mol. The summed E-state index contributed by atoms with van der Waals surface area (Å²) in [7, 11) is 0. The number of pyridine rings is 1. The molecule has 1 atom stereocenters. The van der Waals surface area contributed by atoms with Crippen molar-refractivity contribution in [3.8, 4) is 0 Å². The Kier molecular flexibility index (Phi) is 6.46. The molecule has 2 aliphatic rings. The summed E-state index contributed by atoms with van der Waals surface area (Å²) in [5, 5.41) is 0. The molecule has 0 N–H and O–H groups in total. The van der Waals surface area contributed by atoms with Crippen LogP contribution in [0.15, 0.2) is 52.3 Å². The third-order valence-corrected chi connectivity index (χ3v) is 7.92. The van der Waals surface area contributed by atoms with Gasteiger partial charge in [0.15, 0.2) is 0 Å². The number of aromatic nitrogens is 2. The van der Waals surface area contributed by atoms with Crippen molar-refractivity contribution in [2.75, 3.05) is 11.4 Å². The zero-order valence-electron chi connectivity index (χ0n) is 19.5. The van der Waals surface area contributed by atoms with Gasteiger partial charge in [-0.05, 0) is 68.5 Å². The highest BCUT2D eigenvalue weighted by molar-refractivity contribution is 8.26. The van der Waals surface area contributed by atoms with E-state index in [2.05, 4.69) is 11.8 Å². The van der Waals surface area contributed by atoms with Gasteiger partial charge in [0.25, 0.3) is 11.5 Å². The number of carbonyl (C=O) groups excluding carboxylic acids is 1. The lowest BCUT2D eigenvalue weighted by Gasteiger charge is -2.35. The molecule has 0 aliphatic carbocycles. The van der Waals surface area contributed by atoms with Gasteiger partial charge >= 0.3 is 0 Å². The van der Waals surface area contributed by atoms with E-state index in [4.69, 9.17) is 17.2 Å². The van der Waals surface area contributed by atoms with Crippen LogP contribution in [-0.4, -0.2) is 37.1 Å². The normalized spacial score (nSPS) is 19.9. The quantitative estimate of drug-likeness (QED) is 0.368. The third-order valence-electron chi connectivity index (χ3n) is 6.54. The lowest BCUT2D eigenvalue weighted by atomic mass is 10.0. The Bertz CT molecular complexity index is 1420. The van der Waals surface area contributed by atoms with E-state index in [0.29, 0.717) is 26.3 Å². The summed E-state index contributed by atoms with van der Waals surface area (Å²) in [5.74, 6) is 0.00836. The molecule has 0 radical (unpaired) electrons. The van der Waals surface area contributed by atoms with E-state index >= 15 is 0 Å². The van der Waals surface area contributed by atoms with E-state index in [1.165, 1.54) is 28.8 Å². The first-order valence-corrected chi connectivity index (χ1v) is 12.8. The fourth-order valence-electron chi connectivity index (χ4n) is 4.60. The number of thiocarbonyl (C=S) groups is 1. The minimum absolute atomic E-state index is 0.213. The summed E-state index contributed by atoms with van der Waals surface area (Å²) >= 11 is 6.66. The number of hydrogen-bond donors (Lipinski definition) is 0. The lowest BCUT2D eigenvalue weighted by Crippen LogP contribution is -2.40. The highest BCUT2D eigenvalue weighted by Crippen LogP contribution is 2.35. The Hall–Kier alpha value is -3.04. The van der Waals surface area contributed by atoms with Crippen molar-refractivity contribution in [2.45, 2.75) is 45.7 Å². The minimum atomic E-state index is -0.335. The van der Waals surface area contributed by atoms with E-state index < -0.39 is 0 Å². The van der Waals surface area contributed by atoms with Crippen molar-refractivity contribution in [1.82, 2.24) is 14.3 Å². The smallest absolute Gasteiger partial charge is 0.267 e. The molecule has 5 rings (SSSR count). The summed E-state index contributed by atoms with van der Waals surface area (Å²) in [6, 6.07) is 9.98. The predicted molar refractivity (Wildman–Crippen MR) is 142 cm³/mol. The number of halogens is 1. The van der Waals surface area contributed by atoms with Crippen LogP contribution in [0.5, 0.6) is 0 Å². The molecule has 35 heavy (non-hydrogen) atoms. The van der Waals surface area contributed by atoms with Crippen molar-refractivity contribution in [3.05, 3.63) is 80.4 Å².